The Bertz CT molecular complexity index is 1280. The lowest BCUT2D eigenvalue weighted by atomic mass is 10.00. The van der Waals surface area contributed by atoms with Gasteiger partial charge in [-0.1, -0.05) is 57.3 Å². The van der Waals surface area contributed by atoms with Gasteiger partial charge in [0.25, 0.3) is 0 Å². The third-order valence-corrected chi connectivity index (χ3v) is 5.81. The molecule has 0 fully saturated rings. The highest BCUT2D eigenvalue weighted by atomic mass is 79.9. The molecule has 1 heterocycles. The highest BCUT2D eigenvalue weighted by molar-refractivity contribution is 9.10. The Morgan fingerprint density at radius 1 is 0.900 bits per heavy atom. The number of benzene rings is 3. The SMILES string of the molecule is O=C(c1ccc(Cl)cc1)c1c(C(=O)O)n(Cc2ccc(Cl)cc2)c2cc(Br)ccc12. The molecule has 0 saturated heterocycles. The molecule has 0 radical (unpaired) electrons. The minimum absolute atomic E-state index is 0.0574. The smallest absolute Gasteiger partial charge is 0.353 e. The molecule has 1 N–H and O–H groups in total. The first-order chi connectivity index (χ1) is 14.3. The molecule has 3 aromatic carbocycles. The Labute approximate surface area is 190 Å². The Hall–Kier alpha value is -2.60. The fraction of sp³-hybridized carbons (Fsp3) is 0.0435. The van der Waals surface area contributed by atoms with Crippen molar-refractivity contribution in [3.8, 4) is 0 Å². The van der Waals surface area contributed by atoms with E-state index in [1.807, 2.05) is 18.2 Å². The van der Waals surface area contributed by atoms with Crippen LogP contribution in [0.15, 0.2) is 71.2 Å². The van der Waals surface area contributed by atoms with Gasteiger partial charge in [-0.15, -0.1) is 0 Å². The Morgan fingerprint density at radius 2 is 1.50 bits per heavy atom. The third-order valence-electron chi connectivity index (χ3n) is 4.82. The molecule has 4 nitrogen and oxygen atoms in total. The van der Waals surface area contributed by atoms with Crippen LogP contribution in [-0.2, 0) is 6.54 Å². The van der Waals surface area contributed by atoms with Crippen LogP contribution in [0.1, 0.15) is 32.0 Å². The molecular weight excluding hydrogens is 489 g/mol. The highest BCUT2D eigenvalue weighted by Gasteiger charge is 2.28. The van der Waals surface area contributed by atoms with Crippen LogP contribution in [0.5, 0.6) is 0 Å². The summed E-state index contributed by atoms with van der Waals surface area (Å²) in [4.78, 5) is 25.6. The second kappa shape index (κ2) is 8.26. The molecule has 0 aliphatic rings. The van der Waals surface area contributed by atoms with Crippen LogP contribution in [0.2, 0.25) is 10.0 Å². The van der Waals surface area contributed by atoms with E-state index in [4.69, 9.17) is 23.2 Å². The summed E-state index contributed by atoms with van der Waals surface area (Å²) in [5, 5.41) is 11.7. The molecule has 0 atom stereocenters. The van der Waals surface area contributed by atoms with Gasteiger partial charge >= 0.3 is 5.97 Å². The number of carboxylic acids is 1. The van der Waals surface area contributed by atoms with Crippen LogP contribution < -0.4 is 0 Å². The molecule has 0 bridgehead atoms. The molecular formula is C23H14BrCl2NO3. The number of carbonyl (C=O) groups is 2. The summed E-state index contributed by atoms with van der Waals surface area (Å²) in [5.74, 6) is -1.54. The molecule has 1 aromatic heterocycles. The van der Waals surface area contributed by atoms with Gasteiger partial charge in [0.05, 0.1) is 11.1 Å². The zero-order valence-electron chi connectivity index (χ0n) is 15.4. The van der Waals surface area contributed by atoms with Gasteiger partial charge in [0, 0.05) is 32.0 Å². The number of aromatic nitrogens is 1. The standard InChI is InChI=1S/C23H14BrCl2NO3/c24-15-5-10-18-19(11-15)27(12-13-1-6-16(25)7-2-13)21(23(29)30)20(18)22(28)14-3-8-17(26)9-4-14/h1-11H,12H2,(H,29,30). The van der Waals surface area contributed by atoms with Crippen molar-refractivity contribution >= 4 is 61.8 Å². The minimum atomic E-state index is -1.17. The van der Waals surface area contributed by atoms with Crippen molar-refractivity contribution < 1.29 is 14.7 Å². The number of hydrogen-bond donors (Lipinski definition) is 1. The average molecular weight is 503 g/mol. The first-order valence-corrected chi connectivity index (χ1v) is 10.5. The van der Waals surface area contributed by atoms with E-state index in [1.54, 1.807) is 53.1 Å². The van der Waals surface area contributed by atoms with Crippen molar-refractivity contribution in [2.75, 3.05) is 0 Å². The summed E-state index contributed by atoms with van der Waals surface area (Å²) < 4.78 is 2.43. The Morgan fingerprint density at radius 3 is 2.10 bits per heavy atom. The summed E-state index contributed by atoms with van der Waals surface area (Å²) in [6.45, 7) is 0.277. The molecule has 4 rings (SSSR count). The lowest BCUT2D eigenvalue weighted by molar-refractivity contribution is 0.0682. The van der Waals surface area contributed by atoms with E-state index < -0.39 is 5.97 Å². The van der Waals surface area contributed by atoms with Crippen molar-refractivity contribution in [1.29, 1.82) is 0 Å². The number of aromatic carboxylic acids is 1. The maximum Gasteiger partial charge on any atom is 0.353 e. The summed E-state index contributed by atoms with van der Waals surface area (Å²) in [7, 11) is 0. The van der Waals surface area contributed by atoms with E-state index in [-0.39, 0.29) is 23.6 Å². The first kappa shape index (κ1) is 20.7. The monoisotopic (exact) mass is 501 g/mol. The predicted octanol–water partition coefficient (Wildman–Crippen LogP) is 6.69. The Balaban J connectivity index is 1.96. The molecule has 150 valence electrons. The fourth-order valence-corrected chi connectivity index (χ4v) is 4.06. The van der Waals surface area contributed by atoms with Gasteiger partial charge in [-0.25, -0.2) is 4.79 Å². The van der Waals surface area contributed by atoms with E-state index in [1.165, 1.54) is 0 Å². The minimum Gasteiger partial charge on any atom is -0.477 e. The van der Waals surface area contributed by atoms with Gasteiger partial charge in [0.15, 0.2) is 5.78 Å². The van der Waals surface area contributed by atoms with Crippen molar-refractivity contribution in [2.45, 2.75) is 6.54 Å². The fourth-order valence-electron chi connectivity index (χ4n) is 3.46. The van der Waals surface area contributed by atoms with E-state index >= 15 is 0 Å². The van der Waals surface area contributed by atoms with Crippen molar-refractivity contribution in [3.63, 3.8) is 0 Å². The molecule has 0 unspecified atom stereocenters. The van der Waals surface area contributed by atoms with Crippen LogP contribution in [0.3, 0.4) is 0 Å². The topological polar surface area (TPSA) is 59.3 Å². The lowest BCUT2D eigenvalue weighted by Gasteiger charge is -2.10. The molecule has 0 aliphatic carbocycles. The lowest BCUT2D eigenvalue weighted by Crippen LogP contribution is -2.14. The van der Waals surface area contributed by atoms with Crippen molar-refractivity contribution in [2.24, 2.45) is 0 Å². The number of carbonyl (C=O) groups excluding carboxylic acids is 1. The van der Waals surface area contributed by atoms with Gasteiger partial charge < -0.3 is 9.67 Å². The van der Waals surface area contributed by atoms with Gasteiger partial charge in [-0.2, -0.15) is 0 Å². The molecule has 4 aromatic rings. The number of fused-ring (bicyclic) bond motifs is 1. The van der Waals surface area contributed by atoms with E-state index in [9.17, 15) is 14.7 Å². The molecule has 0 aliphatic heterocycles. The van der Waals surface area contributed by atoms with E-state index in [2.05, 4.69) is 15.9 Å². The summed E-state index contributed by atoms with van der Waals surface area (Å²) >= 11 is 15.4. The van der Waals surface area contributed by atoms with Crippen LogP contribution >= 0.6 is 39.1 Å². The maximum absolute atomic E-state index is 13.3. The molecule has 7 heteroatoms. The molecule has 0 spiro atoms. The van der Waals surface area contributed by atoms with Crippen LogP contribution in [0, 0.1) is 0 Å². The Kier molecular flexibility index (Phi) is 5.69. The number of hydrogen-bond acceptors (Lipinski definition) is 2. The maximum atomic E-state index is 13.3. The van der Waals surface area contributed by atoms with E-state index in [0.717, 1.165) is 10.0 Å². The second-order valence-corrected chi connectivity index (χ2v) is 8.53. The zero-order chi connectivity index (χ0) is 21.4. The van der Waals surface area contributed by atoms with Crippen LogP contribution in [-0.4, -0.2) is 21.4 Å². The quantitative estimate of drug-likeness (QED) is 0.309. The summed E-state index contributed by atoms with van der Waals surface area (Å²) in [6, 6.07) is 18.9. The highest BCUT2D eigenvalue weighted by Crippen LogP contribution is 2.32. The number of nitrogens with zero attached hydrogens (tertiary/aromatic N) is 1. The number of halogens is 3. The van der Waals surface area contributed by atoms with E-state index in [0.29, 0.717) is 26.5 Å². The summed E-state index contributed by atoms with van der Waals surface area (Å²) in [5.41, 5.74) is 1.98. The molecule has 30 heavy (non-hydrogen) atoms. The predicted molar refractivity (Wildman–Crippen MR) is 122 cm³/mol. The number of carboxylic acid groups (broad SMARTS) is 1. The van der Waals surface area contributed by atoms with Gasteiger partial charge in [-0.05, 0) is 54.1 Å². The van der Waals surface area contributed by atoms with Crippen LogP contribution in [0.25, 0.3) is 10.9 Å². The second-order valence-electron chi connectivity index (χ2n) is 6.74. The number of ketones is 1. The van der Waals surface area contributed by atoms with Gasteiger partial charge in [0.1, 0.15) is 5.69 Å². The van der Waals surface area contributed by atoms with Gasteiger partial charge in [-0.3, -0.25) is 4.79 Å². The first-order valence-electron chi connectivity index (χ1n) is 8.95. The van der Waals surface area contributed by atoms with Gasteiger partial charge in [0.2, 0.25) is 0 Å². The average Bonchev–Trinajstić information content (AvgIpc) is 3.03. The third kappa shape index (κ3) is 3.88. The normalized spacial score (nSPS) is 11.0. The largest absolute Gasteiger partial charge is 0.477 e. The molecule has 0 saturated carbocycles. The zero-order valence-corrected chi connectivity index (χ0v) is 18.5. The van der Waals surface area contributed by atoms with Crippen LogP contribution in [0.4, 0.5) is 0 Å². The molecule has 0 amide bonds. The number of rotatable bonds is 5. The van der Waals surface area contributed by atoms with Crippen molar-refractivity contribution in [1.82, 2.24) is 4.57 Å². The van der Waals surface area contributed by atoms with Crippen molar-refractivity contribution in [3.05, 3.63) is 104 Å². The summed E-state index contributed by atoms with van der Waals surface area (Å²) in [6.07, 6.45) is 0.